The maximum Gasteiger partial charge on any atom is -0.0228 e. The second kappa shape index (κ2) is 5.16. The average Bonchev–Trinajstić information content (AvgIpc) is 2.19. The molecule has 15 heavy (non-hydrogen) atoms. The summed E-state index contributed by atoms with van der Waals surface area (Å²) in [7, 11) is 0. The minimum atomic E-state index is 1.27. The minimum absolute atomic E-state index is 1.27. The van der Waals surface area contributed by atoms with E-state index in [1.807, 2.05) is 0 Å². The van der Waals surface area contributed by atoms with Gasteiger partial charge in [-0.05, 0) is 43.7 Å². The summed E-state index contributed by atoms with van der Waals surface area (Å²) in [6.45, 7) is 2.15. The van der Waals surface area contributed by atoms with Crippen molar-refractivity contribution in [1.29, 1.82) is 0 Å². The zero-order chi connectivity index (χ0) is 10.5. The third-order valence-corrected chi connectivity index (χ3v) is 3.21. The van der Waals surface area contributed by atoms with E-state index in [0.29, 0.717) is 0 Å². The van der Waals surface area contributed by atoms with Crippen molar-refractivity contribution in [3.05, 3.63) is 41.5 Å². The summed E-state index contributed by atoms with van der Waals surface area (Å²) in [5.74, 6) is 0. The first-order valence-corrected chi connectivity index (χ1v) is 6.12. The maximum absolute atomic E-state index is 2.45. The van der Waals surface area contributed by atoms with Crippen LogP contribution in [-0.4, -0.2) is 0 Å². The Hall–Kier alpha value is -1.04. The molecule has 0 radical (unpaired) electrons. The molecular formula is C15H20. The van der Waals surface area contributed by atoms with Crippen molar-refractivity contribution in [2.75, 3.05) is 0 Å². The summed E-state index contributed by atoms with van der Waals surface area (Å²) in [6, 6.07) is 8.97. The number of allylic oxidation sites excluding steroid dienone is 2. The van der Waals surface area contributed by atoms with Gasteiger partial charge in [0.15, 0.2) is 0 Å². The highest BCUT2D eigenvalue weighted by molar-refractivity contribution is 5.65. The predicted molar refractivity (Wildman–Crippen MR) is 66.9 cm³/mol. The quantitative estimate of drug-likeness (QED) is 0.614. The van der Waals surface area contributed by atoms with Crippen molar-refractivity contribution < 1.29 is 0 Å². The molecule has 0 fully saturated rings. The van der Waals surface area contributed by atoms with Gasteiger partial charge >= 0.3 is 0 Å². The van der Waals surface area contributed by atoms with Crippen molar-refractivity contribution in [3.8, 4) is 0 Å². The zero-order valence-corrected chi connectivity index (χ0v) is 9.63. The Morgan fingerprint density at radius 3 is 2.40 bits per heavy atom. The van der Waals surface area contributed by atoms with Crippen LogP contribution in [0.5, 0.6) is 0 Å². The normalized spacial score (nSPS) is 21.3. The molecule has 0 aromatic heterocycles. The molecule has 0 aliphatic heterocycles. The van der Waals surface area contributed by atoms with Gasteiger partial charge in [-0.2, -0.15) is 0 Å². The lowest BCUT2D eigenvalue weighted by Gasteiger charge is -2.11. The van der Waals surface area contributed by atoms with Crippen molar-refractivity contribution in [1.82, 2.24) is 0 Å². The molecule has 0 spiro atoms. The van der Waals surface area contributed by atoms with E-state index in [1.165, 1.54) is 49.7 Å². The second-order valence-electron chi connectivity index (χ2n) is 4.55. The highest BCUT2D eigenvalue weighted by Gasteiger charge is 2.03. The van der Waals surface area contributed by atoms with Crippen LogP contribution in [0, 0.1) is 6.92 Å². The summed E-state index contributed by atoms with van der Waals surface area (Å²) in [6.07, 6.45) is 10.5. The third-order valence-electron chi connectivity index (χ3n) is 3.21. The molecule has 0 bridgehead atoms. The first-order valence-electron chi connectivity index (χ1n) is 6.12. The summed E-state index contributed by atoms with van der Waals surface area (Å²) in [5.41, 5.74) is 4.35. The smallest absolute Gasteiger partial charge is 0.0228 e. The van der Waals surface area contributed by atoms with Crippen LogP contribution in [0.1, 0.15) is 49.7 Å². The second-order valence-corrected chi connectivity index (χ2v) is 4.55. The molecule has 0 heteroatoms. The lowest BCUT2D eigenvalue weighted by atomic mass is 9.94. The number of aryl methyl sites for hydroxylation is 1. The molecule has 80 valence electrons. The highest BCUT2D eigenvalue weighted by atomic mass is 14.1. The SMILES string of the molecule is Cc1ccc(/C2=C/CCCCCC2)cc1. The standard InChI is InChI=1S/C15H20/c1-13-9-11-15(12-10-13)14-7-5-3-2-4-6-8-14/h7,9-12H,2-6,8H2,1H3/b14-7+. The van der Waals surface area contributed by atoms with E-state index in [-0.39, 0.29) is 0 Å². The van der Waals surface area contributed by atoms with E-state index in [4.69, 9.17) is 0 Å². The molecule has 0 atom stereocenters. The van der Waals surface area contributed by atoms with Gasteiger partial charge in [-0.1, -0.05) is 48.7 Å². The molecule has 1 aromatic rings. The molecule has 0 heterocycles. The number of rotatable bonds is 1. The third kappa shape index (κ3) is 2.95. The van der Waals surface area contributed by atoms with Gasteiger partial charge in [-0.15, -0.1) is 0 Å². The van der Waals surface area contributed by atoms with Gasteiger partial charge in [-0.25, -0.2) is 0 Å². The molecule has 0 saturated carbocycles. The van der Waals surface area contributed by atoms with Crippen LogP contribution >= 0.6 is 0 Å². The molecule has 0 unspecified atom stereocenters. The first kappa shape index (κ1) is 10.5. The Morgan fingerprint density at radius 2 is 1.60 bits per heavy atom. The van der Waals surface area contributed by atoms with E-state index >= 15 is 0 Å². The van der Waals surface area contributed by atoms with Gasteiger partial charge in [0.05, 0.1) is 0 Å². The van der Waals surface area contributed by atoms with Crippen molar-refractivity contribution in [3.63, 3.8) is 0 Å². The monoisotopic (exact) mass is 200 g/mol. The minimum Gasteiger partial charge on any atom is -0.0807 e. The molecule has 1 aromatic carbocycles. The Morgan fingerprint density at radius 1 is 0.867 bits per heavy atom. The fraction of sp³-hybridized carbons (Fsp3) is 0.467. The molecule has 0 N–H and O–H groups in total. The average molecular weight is 200 g/mol. The molecule has 1 aliphatic rings. The van der Waals surface area contributed by atoms with E-state index in [0.717, 1.165) is 0 Å². The van der Waals surface area contributed by atoms with Crippen LogP contribution in [0.3, 0.4) is 0 Å². The summed E-state index contributed by atoms with van der Waals surface area (Å²) in [5, 5.41) is 0. The summed E-state index contributed by atoms with van der Waals surface area (Å²) in [4.78, 5) is 0. The lowest BCUT2D eigenvalue weighted by molar-refractivity contribution is 0.643. The van der Waals surface area contributed by atoms with E-state index in [9.17, 15) is 0 Å². The molecule has 0 nitrogen and oxygen atoms in total. The van der Waals surface area contributed by atoms with Crippen molar-refractivity contribution in [2.24, 2.45) is 0 Å². The van der Waals surface area contributed by atoms with E-state index in [1.54, 1.807) is 5.57 Å². The molecule has 2 rings (SSSR count). The number of hydrogen-bond donors (Lipinski definition) is 0. The lowest BCUT2D eigenvalue weighted by Crippen LogP contribution is -1.90. The number of hydrogen-bond acceptors (Lipinski definition) is 0. The van der Waals surface area contributed by atoms with Crippen LogP contribution < -0.4 is 0 Å². The highest BCUT2D eigenvalue weighted by Crippen LogP contribution is 2.25. The van der Waals surface area contributed by atoms with Gasteiger partial charge in [-0.3, -0.25) is 0 Å². The van der Waals surface area contributed by atoms with Crippen molar-refractivity contribution in [2.45, 2.75) is 45.4 Å². The van der Waals surface area contributed by atoms with Gasteiger partial charge in [0.2, 0.25) is 0 Å². The molecule has 0 amide bonds. The van der Waals surface area contributed by atoms with Gasteiger partial charge in [0.25, 0.3) is 0 Å². The van der Waals surface area contributed by atoms with Crippen LogP contribution in [0.15, 0.2) is 30.3 Å². The van der Waals surface area contributed by atoms with Crippen LogP contribution in [0.2, 0.25) is 0 Å². The Bertz CT molecular complexity index is 330. The fourth-order valence-corrected chi connectivity index (χ4v) is 2.22. The fourth-order valence-electron chi connectivity index (χ4n) is 2.22. The van der Waals surface area contributed by atoms with Gasteiger partial charge < -0.3 is 0 Å². The molecule has 0 saturated heterocycles. The van der Waals surface area contributed by atoms with Crippen LogP contribution in [0.4, 0.5) is 0 Å². The molecular weight excluding hydrogens is 180 g/mol. The largest absolute Gasteiger partial charge is 0.0807 e. The van der Waals surface area contributed by atoms with Crippen LogP contribution in [-0.2, 0) is 0 Å². The summed E-state index contributed by atoms with van der Waals surface area (Å²) < 4.78 is 0. The zero-order valence-electron chi connectivity index (χ0n) is 9.63. The topological polar surface area (TPSA) is 0 Å². The predicted octanol–water partition coefficient (Wildman–Crippen LogP) is 4.73. The van der Waals surface area contributed by atoms with Gasteiger partial charge in [0.1, 0.15) is 0 Å². The Balaban J connectivity index is 2.16. The van der Waals surface area contributed by atoms with E-state index in [2.05, 4.69) is 37.3 Å². The first-order chi connectivity index (χ1) is 7.36. The Labute approximate surface area is 93.0 Å². The van der Waals surface area contributed by atoms with Crippen molar-refractivity contribution >= 4 is 5.57 Å². The molecule has 1 aliphatic carbocycles. The Kier molecular flexibility index (Phi) is 3.60. The van der Waals surface area contributed by atoms with Gasteiger partial charge in [0, 0.05) is 0 Å². The van der Waals surface area contributed by atoms with E-state index < -0.39 is 0 Å². The van der Waals surface area contributed by atoms with Crippen LogP contribution in [0.25, 0.3) is 5.57 Å². The maximum atomic E-state index is 2.45. The number of benzene rings is 1. The summed E-state index contributed by atoms with van der Waals surface area (Å²) >= 11 is 0.